The molecule has 0 radical (unpaired) electrons. The second-order valence-electron chi connectivity index (χ2n) is 6.98. The molecule has 1 fully saturated rings. The van der Waals surface area contributed by atoms with Gasteiger partial charge in [-0.25, -0.2) is 9.59 Å². The van der Waals surface area contributed by atoms with Crippen LogP contribution >= 0.6 is 0 Å². The van der Waals surface area contributed by atoms with Gasteiger partial charge in [0.2, 0.25) is 0 Å². The average Bonchev–Trinajstić information content (AvgIpc) is 3.19. The topological polar surface area (TPSA) is 87.2 Å². The molecule has 1 aromatic carbocycles. The molecule has 1 heterocycles. The van der Waals surface area contributed by atoms with E-state index in [4.69, 9.17) is 4.74 Å². The first-order valence-corrected chi connectivity index (χ1v) is 9.96. The fraction of sp³-hybridized carbons (Fsp3) is 0.571. The predicted octanol–water partition coefficient (Wildman–Crippen LogP) is 2.79. The molecule has 1 aliphatic heterocycles. The Balaban J connectivity index is 2.07. The number of aliphatic carboxylic acids is 1. The Hall–Kier alpha value is -2.57. The van der Waals surface area contributed by atoms with Gasteiger partial charge in [0.1, 0.15) is 6.04 Å². The van der Waals surface area contributed by atoms with Crippen LogP contribution in [0.5, 0.6) is 0 Å². The van der Waals surface area contributed by atoms with Crippen molar-refractivity contribution in [3.63, 3.8) is 0 Å². The van der Waals surface area contributed by atoms with E-state index in [9.17, 15) is 19.5 Å². The summed E-state index contributed by atoms with van der Waals surface area (Å²) in [5.41, 5.74) is 1.12. The summed E-state index contributed by atoms with van der Waals surface area (Å²) in [7, 11) is 0. The molecule has 1 aromatic rings. The van der Waals surface area contributed by atoms with Crippen LogP contribution in [0.15, 0.2) is 30.3 Å². The quantitative estimate of drug-likeness (QED) is 0.655. The van der Waals surface area contributed by atoms with E-state index >= 15 is 0 Å². The van der Waals surface area contributed by atoms with Gasteiger partial charge in [0.25, 0.3) is 0 Å². The first-order valence-electron chi connectivity index (χ1n) is 9.96. The van der Waals surface area contributed by atoms with Gasteiger partial charge >= 0.3 is 18.0 Å². The van der Waals surface area contributed by atoms with E-state index in [-0.39, 0.29) is 25.2 Å². The van der Waals surface area contributed by atoms with Crippen LogP contribution in [0.4, 0.5) is 4.79 Å². The standard InChI is InChI=1S/C21H30N2O5/c1-3-22(21(27)23-14-8-11-18(23)19(24)25)15-17(20(26)28-4-2)13-12-16-9-6-5-7-10-16/h5-7,9-10,17-18H,3-4,8,11-15H2,1-2H3,(H,24,25)/t17?,18-/m0/s1. The zero-order valence-electron chi connectivity index (χ0n) is 16.7. The number of ether oxygens (including phenoxy) is 1. The van der Waals surface area contributed by atoms with Crippen LogP contribution in [-0.2, 0) is 20.7 Å². The van der Waals surface area contributed by atoms with Gasteiger partial charge in [0.15, 0.2) is 0 Å². The summed E-state index contributed by atoms with van der Waals surface area (Å²) in [6.07, 6.45) is 2.41. The second kappa shape index (κ2) is 10.7. The molecule has 28 heavy (non-hydrogen) atoms. The highest BCUT2D eigenvalue weighted by Crippen LogP contribution is 2.21. The van der Waals surface area contributed by atoms with Gasteiger partial charge in [-0.15, -0.1) is 0 Å². The maximum atomic E-state index is 12.9. The number of urea groups is 1. The monoisotopic (exact) mass is 390 g/mol. The van der Waals surface area contributed by atoms with Crippen molar-refractivity contribution in [2.24, 2.45) is 5.92 Å². The van der Waals surface area contributed by atoms with Gasteiger partial charge < -0.3 is 19.6 Å². The van der Waals surface area contributed by atoms with E-state index in [2.05, 4.69) is 0 Å². The van der Waals surface area contributed by atoms with Crippen LogP contribution in [0.2, 0.25) is 0 Å². The van der Waals surface area contributed by atoms with E-state index in [1.54, 1.807) is 11.8 Å². The molecule has 2 rings (SSSR count). The third-order valence-electron chi connectivity index (χ3n) is 5.12. The van der Waals surface area contributed by atoms with Gasteiger partial charge in [-0.3, -0.25) is 4.79 Å². The maximum absolute atomic E-state index is 12.9. The van der Waals surface area contributed by atoms with Gasteiger partial charge in [0.05, 0.1) is 12.5 Å². The SMILES string of the molecule is CCOC(=O)C(CCc1ccccc1)CN(CC)C(=O)N1CCC[C@H]1C(=O)O. The molecule has 2 atom stereocenters. The molecule has 1 aliphatic rings. The van der Waals surface area contributed by atoms with Crippen molar-refractivity contribution in [3.8, 4) is 0 Å². The first kappa shape index (κ1) is 21.7. The largest absolute Gasteiger partial charge is 0.480 e. The highest BCUT2D eigenvalue weighted by atomic mass is 16.5. The smallest absolute Gasteiger partial charge is 0.326 e. The molecule has 0 spiro atoms. The highest BCUT2D eigenvalue weighted by molar-refractivity contribution is 5.83. The van der Waals surface area contributed by atoms with Crippen LogP contribution in [0.25, 0.3) is 0 Å². The molecule has 0 aromatic heterocycles. The molecule has 0 saturated carbocycles. The highest BCUT2D eigenvalue weighted by Gasteiger charge is 2.37. The Morgan fingerprint density at radius 3 is 2.57 bits per heavy atom. The zero-order valence-corrected chi connectivity index (χ0v) is 16.7. The van der Waals surface area contributed by atoms with Crippen LogP contribution < -0.4 is 0 Å². The van der Waals surface area contributed by atoms with Gasteiger partial charge in [-0.1, -0.05) is 30.3 Å². The number of hydrogen-bond acceptors (Lipinski definition) is 4. The van der Waals surface area contributed by atoms with Crippen molar-refractivity contribution >= 4 is 18.0 Å². The fourth-order valence-corrected chi connectivity index (χ4v) is 3.57. The number of carbonyl (C=O) groups is 3. The summed E-state index contributed by atoms with van der Waals surface area (Å²) in [6.45, 7) is 4.95. The minimum Gasteiger partial charge on any atom is -0.480 e. The molecule has 2 amide bonds. The first-order chi connectivity index (χ1) is 13.5. The van der Waals surface area contributed by atoms with Crippen LogP contribution in [0.3, 0.4) is 0 Å². The molecular formula is C21H30N2O5. The Morgan fingerprint density at radius 1 is 1.25 bits per heavy atom. The molecule has 7 heteroatoms. The minimum atomic E-state index is -0.979. The predicted molar refractivity (Wildman–Crippen MR) is 105 cm³/mol. The fourth-order valence-electron chi connectivity index (χ4n) is 3.57. The van der Waals surface area contributed by atoms with Crippen LogP contribution in [-0.4, -0.2) is 65.2 Å². The van der Waals surface area contributed by atoms with E-state index in [1.165, 1.54) is 4.90 Å². The summed E-state index contributed by atoms with van der Waals surface area (Å²) < 4.78 is 5.22. The summed E-state index contributed by atoms with van der Waals surface area (Å²) in [6, 6.07) is 8.76. The summed E-state index contributed by atoms with van der Waals surface area (Å²) >= 11 is 0. The lowest BCUT2D eigenvalue weighted by atomic mass is 9.99. The van der Waals surface area contributed by atoms with Crippen LogP contribution in [0.1, 0.15) is 38.7 Å². The molecule has 0 bridgehead atoms. The number of carboxylic acid groups (broad SMARTS) is 1. The van der Waals surface area contributed by atoms with Crippen LogP contribution in [0, 0.1) is 5.92 Å². The van der Waals surface area contributed by atoms with Gasteiger partial charge in [-0.05, 0) is 45.1 Å². The molecule has 0 aliphatic carbocycles. The number of carboxylic acids is 1. The normalized spacial score (nSPS) is 17.2. The molecule has 1 saturated heterocycles. The number of esters is 1. The zero-order chi connectivity index (χ0) is 20.5. The average molecular weight is 390 g/mol. The Bertz CT molecular complexity index is 664. The molecular weight excluding hydrogens is 360 g/mol. The molecule has 1 unspecified atom stereocenters. The van der Waals surface area contributed by atoms with Crippen molar-refractivity contribution in [2.75, 3.05) is 26.2 Å². The maximum Gasteiger partial charge on any atom is 0.326 e. The van der Waals surface area contributed by atoms with Gasteiger partial charge in [-0.2, -0.15) is 0 Å². The summed E-state index contributed by atoms with van der Waals surface area (Å²) in [4.78, 5) is 39.8. The van der Waals surface area contributed by atoms with E-state index in [0.717, 1.165) is 5.56 Å². The van der Waals surface area contributed by atoms with Crippen molar-refractivity contribution in [1.82, 2.24) is 9.80 Å². The molecule has 154 valence electrons. The summed E-state index contributed by atoms with van der Waals surface area (Å²) in [5.74, 6) is -1.75. The second-order valence-corrected chi connectivity index (χ2v) is 6.98. The Labute approximate surface area is 166 Å². The number of benzene rings is 1. The number of likely N-dealkylation sites (tertiary alicyclic amines) is 1. The van der Waals surface area contributed by atoms with Crippen molar-refractivity contribution in [3.05, 3.63) is 35.9 Å². The Kier molecular flexibility index (Phi) is 8.29. The number of hydrogen-bond donors (Lipinski definition) is 1. The third kappa shape index (κ3) is 5.71. The molecule has 1 N–H and O–H groups in total. The van der Waals surface area contributed by atoms with E-state index in [1.807, 2.05) is 37.3 Å². The number of amides is 2. The van der Waals surface area contributed by atoms with Crippen molar-refractivity contribution in [2.45, 2.75) is 45.6 Å². The van der Waals surface area contributed by atoms with E-state index < -0.39 is 17.9 Å². The lowest BCUT2D eigenvalue weighted by molar-refractivity contribution is -0.149. The number of carbonyl (C=O) groups excluding carboxylic acids is 2. The van der Waals surface area contributed by atoms with Crippen molar-refractivity contribution in [1.29, 1.82) is 0 Å². The third-order valence-corrected chi connectivity index (χ3v) is 5.12. The van der Waals surface area contributed by atoms with Gasteiger partial charge in [0, 0.05) is 19.6 Å². The molecule has 7 nitrogen and oxygen atoms in total. The number of aryl methyl sites for hydroxylation is 1. The minimum absolute atomic E-state index is 0.226. The van der Waals surface area contributed by atoms with E-state index in [0.29, 0.717) is 38.8 Å². The number of nitrogens with zero attached hydrogens (tertiary/aromatic N) is 2. The van der Waals surface area contributed by atoms with Crippen molar-refractivity contribution < 1.29 is 24.2 Å². The summed E-state index contributed by atoms with van der Waals surface area (Å²) in [5, 5.41) is 9.35. The number of rotatable bonds is 9. The lowest BCUT2D eigenvalue weighted by Gasteiger charge is -2.31. The Morgan fingerprint density at radius 2 is 1.96 bits per heavy atom. The lowest BCUT2D eigenvalue weighted by Crippen LogP contribution is -2.50.